The first-order valence-electron chi connectivity index (χ1n) is 7.43. The number of ether oxygens (including phenoxy) is 1. The molecular formula is C17H27NO. The van der Waals surface area contributed by atoms with Gasteiger partial charge in [0.2, 0.25) is 0 Å². The Labute approximate surface area is 117 Å². The maximum atomic E-state index is 5.40. The number of hydrogen-bond acceptors (Lipinski definition) is 2. The van der Waals surface area contributed by atoms with Gasteiger partial charge in [0.05, 0.1) is 7.11 Å². The molecule has 2 rings (SSSR count). The van der Waals surface area contributed by atoms with Crippen LogP contribution in [0.1, 0.15) is 38.7 Å². The summed E-state index contributed by atoms with van der Waals surface area (Å²) in [4.78, 5) is 2.46. The summed E-state index contributed by atoms with van der Waals surface area (Å²) >= 11 is 0. The fourth-order valence-electron chi connectivity index (χ4n) is 3.36. The van der Waals surface area contributed by atoms with Crippen LogP contribution in [0.25, 0.3) is 0 Å². The van der Waals surface area contributed by atoms with E-state index in [1.165, 1.54) is 37.9 Å². The van der Waals surface area contributed by atoms with E-state index in [9.17, 15) is 0 Å². The quantitative estimate of drug-likeness (QED) is 0.801. The van der Waals surface area contributed by atoms with Gasteiger partial charge < -0.3 is 9.64 Å². The first-order valence-corrected chi connectivity index (χ1v) is 7.43. The Morgan fingerprint density at radius 3 is 2.79 bits per heavy atom. The molecule has 1 aliphatic rings. The monoisotopic (exact) mass is 261 g/mol. The van der Waals surface area contributed by atoms with Crippen molar-refractivity contribution in [1.29, 1.82) is 0 Å². The van der Waals surface area contributed by atoms with Crippen molar-refractivity contribution >= 4 is 0 Å². The van der Waals surface area contributed by atoms with Gasteiger partial charge in [0.25, 0.3) is 0 Å². The molecule has 2 atom stereocenters. The highest BCUT2D eigenvalue weighted by Gasteiger charge is 2.39. The van der Waals surface area contributed by atoms with Crippen LogP contribution < -0.4 is 4.74 Å². The summed E-state index contributed by atoms with van der Waals surface area (Å²) in [5, 5.41) is 0. The van der Waals surface area contributed by atoms with Crippen molar-refractivity contribution in [2.24, 2.45) is 5.92 Å². The SMILES string of the molecule is CC[C@H](C)C[C@@]1(c2cccc(OC)c2)CCN(C)C1. The molecule has 19 heavy (non-hydrogen) atoms. The Kier molecular flexibility index (Phi) is 4.51. The van der Waals surface area contributed by atoms with Crippen molar-refractivity contribution < 1.29 is 4.74 Å². The van der Waals surface area contributed by atoms with Crippen LogP contribution in [0.4, 0.5) is 0 Å². The third-order valence-electron chi connectivity index (χ3n) is 4.66. The molecule has 2 nitrogen and oxygen atoms in total. The van der Waals surface area contributed by atoms with E-state index in [0.717, 1.165) is 11.7 Å². The largest absolute Gasteiger partial charge is 0.497 e. The smallest absolute Gasteiger partial charge is 0.119 e. The van der Waals surface area contributed by atoms with Crippen LogP contribution in [0.15, 0.2) is 24.3 Å². The normalized spacial score (nSPS) is 25.5. The molecule has 0 spiro atoms. The number of likely N-dealkylation sites (N-methyl/N-ethyl adjacent to an activating group) is 1. The minimum absolute atomic E-state index is 0.318. The van der Waals surface area contributed by atoms with Gasteiger partial charge in [0, 0.05) is 12.0 Å². The summed E-state index contributed by atoms with van der Waals surface area (Å²) in [6.45, 7) is 7.04. The zero-order valence-corrected chi connectivity index (χ0v) is 12.8. The predicted octanol–water partition coefficient (Wildman–Crippen LogP) is 3.70. The van der Waals surface area contributed by atoms with Gasteiger partial charge in [-0.1, -0.05) is 32.4 Å². The van der Waals surface area contributed by atoms with Gasteiger partial charge in [0.15, 0.2) is 0 Å². The van der Waals surface area contributed by atoms with E-state index >= 15 is 0 Å². The van der Waals surface area contributed by atoms with E-state index < -0.39 is 0 Å². The molecule has 1 heterocycles. The van der Waals surface area contributed by atoms with E-state index in [4.69, 9.17) is 4.74 Å². The maximum Gasteiger partial charge on any atom is 0.119 e. The first kappa shape index (κ1) is 14.4. The number of benzene rings is 1. The second-order valence-electron chi connectivity index (χ2n) is 6.22. The van der Waals surface area contributed by atoms with Gasteiger partial charge in [-0.2, -0.15) is 0 Å². The maximum absolute atomic E-state index is 5.40. The number of rotatable bonds is 5. The molecule has 0 amide bonds. The third kappa shape index (κ3) is 3.11. The minimum Gasteiger partial charge on any atom is -0.497 e. The third-order valence-corrected chi connectivity index (χ3v) is 4.66. The summed E-state index contributed by atoms with van der Waals surface area (Å²) in [7, 11) is 3.99. The number of methoxy groups -OCH3 is 1. The summed E-state index contributed by atoms with van der Waals surface area (Å²) in [6.07, 6.45) is 3.80. The summed E-state index contributed by atoms with van der Waals surface area (Å²) in [5.74, 6) is 1.76. The van der Waals surface area contributed by atoms with E-state index in [-0.39, 0.29) is 0 Å². The molecule has 106 valence electrons. The molecule has 2 heteroatoms. The Bertz CT molecular complexity index is 417. The van der Waals surface area contributed by atoms with Crippen molar-refractivity contribution in [3.05, 3.63) is 29.8 Å². The fourth-order valence-corrected chi connectivity index (χ4v) is 3.36. The van der Waals surface area contributed by atoms with Gasteiger partial charge in [-0.05, 0) is 50.0 Å². The first-order chi connectivity index (χ1) is 9.09. The molecule has 0 bridgehead atoms. The Morgan fingerprint density at radius 1 is 1.42 bits per heavy atom. The zero-order chi connectivity index (χ0) is 13.9. The van der Waals surface area contributed by atoms with Crippen molar-refractivity contribution in [1.82, 2.24) is 4.90 Å². The number of hydrogen-bond donors (Lipinski definition) is 0. The summed E-state index contributed by atoms with van der Waals surface area (Å²) in [5.41, 5.74) is 1.77. The molecule has 0 saturated carbocycles. The van der Waals surface area contributed by atoms with E-state index in [0.29, 0.717) is 5.41 Å². The molecule has 0 unspecified atom stereocenters. The molecule has 1 fully saturated rings. The lowest BCUT2D eigenvalue weighted by molar-refractivity contribution is 0.307. The highest BCUT2D eigenvalue weighted by Crippen LogP contribution is 2.41. The van der Waals surface area contributed by atoms with Crippen LogP contribution >= 0.6 is 0 Å². The molecule has 1 aromatic carbocycles. The fraction of sp³-hybridized carbons (Fsp3) is 0.647. The van der Waals surface area contributed by atoms with Crippen LogP contribution in [0, 0.1) is 5.92 Å². The molecule has 0 radical (unpaired) electrons. The van der Waals surface area contributed by atoms with Crippen LogP contribution in [-0.4, -0.2) is 32.1 Å². The minimum atomic E-state index is 0.318. The van der Waals surface area contributed by atoms with Gasteiger partial charge in [-0.15, -0.1) is 0 Å². The topological polar surface area (TPSA) is 12.5 Å². The van der Waals surface area contributed by atoms with Gasteiger partial charge in [0.1, 0.15) is 5.75 Å². The van der Waals surface area contributed by atoms with Gasteiger partial charge >= 0.3 is 0 Å². The van der Waals surface area contributed by atoms with Crippen molar-refractivity contribution in [3.8, 4) is 5.75 Å². The van der Waals surface area contributed by atoms with Crippen LogP contribution in [0.2, 0.25) is 0 Å². The van der Waals surface area contributed by atoms with E-state index in [1.54, 1.807) is 7.11 Å². The Balaban J connectivity index is 2.31. The van der Waals surface area contributed by atoms with Gasteiger partial charge in [-0.3, -0.25) is 0 Å². The average molecular weight is 261 g/mol. The molecule has 1 aromatic rings. The molecule has 0 N–H and O–H groups in total. The molecule has 1 saturated heterocycles. The Morgan fingerprint density at radius 2 is 2.21 bits per heavy atom. The molecule has 1 aliphatic heterocycles. The number of likely N-dealkylation sites (tertiary alicyclic amines) is 1. The van der Waals surface area contributed by atoms with E-state index in [2.05, 4.69) is 44.0 Å². The highest BCUT2D eigenvalue weighted by atomic mass is 16.5. The average Bonchev–Trinajstić information content (AvgIpc) is 2.81. The van der Waals surface area contributed by atoms with Crippen molar-refractivity contribution in [3.63, 3.8) is 0 Å². The van der Waals surface area contributed by atoms with Crippen LogP contribution in [-0.2, 0) is 5.41 Å². The lowest BCUT2D eigenvalue weighted by Gasteiger charge is -2.32. The van der Waals surface area contributed by atoms with Crippen LogP contribution in [0.5, 0.6) is 5.75 Å². The standard InChI is InChI=1S/C17H27NO/c1-5-14(2)12-17(9-10-18(3)13-17)15-7-6-8-16(11-15)19-4/h6-8,11,14H,5,9-10,12-13H2,1-4H3/t14-,17-/m0/s1. The van der Waals surface area contributed by atoms with Crippen molar-refractivity contribution in [2.45, 2.75) is 38.5 Å². The van der Waals surface area contributed by atoms with Crippen LogP contribution in [0.3, 0.4) is 0 Å². The second kappa shape index (κ2) is 5.96. The van der Waals surface area contributed by atoms with Gasteiger partial charge in [-0.25, -0.2) is 0 Å². The molecular weight excluding hydrogens is 234 g/mol. The lowest BCUT2D eigenvalue weighted by Crippen LogP contribution is -2.31. The highest BCUT2D eigenvalue weighted by molar-refractivity contribution is 5.35. The molecule has 0 aromatic heterocycles. The summed E-state index contributed by atoms with van der Waals surface area (Å²) in [6, 6.07) is 8.69. The second-order valence-corrected chi connectivity index (χ2v) is 6.22. The Hall–Kier alpha value is -1.02. The lowest BCUT2D eigenvalue weighted by atomic mass is 9.73. The molecule has 0 aliphatic carbocycles. The van der Waals surface area contributed by atoms with E-state index in [1.807, 2.05) is 6.07 Å². The predicted molar refractivity (Wildman–Crippen MR) is 80.9 cm³/mol. The van der Waals surface area contributed by atoms with Crippen molar-refractivity contribution in [2.75, 3.05) is 27.2 Å². The zero-order valence-electron chi connectivity index (χ0n) is 12.8. The summed E-state index contributed by atoms with van der Waals surface area (Å²) < 4.78 is 5.40. The number of nitrogens with zero attached hydrogens (tertiary/aromatic N) is 1.